The van der Waals surface area contributed by atoms with Gasteiger partial charge in [-0.3, -0.25) is 0 Å². The molecule has 6 heteroatoms. The second-order valence-corrected chi connectivity index (χ2v) is 4.98. The molecule has 0 aliphatic carbocycles. The molecule has 0 spiro atoms. The number of hydrogen-bond donors (Lipinski definition) is 1. The molecule has 2 aromatic rings. The molecule has 19 heavy (non-hydrogen) atoms. The van der Waals surface area contributed by atoms with E-state index in [0.717, 1.165) is 18.4 Å². The van der Waals surface area contributed by atoms with Gasteiger partial charge >= 0.3 is 0 Å². The highest BCUT2D eigenvalue weighted by atomic mass is 35.5. The van der Waals surface area contributed by atoms with Crippen molar-refractivity contribution in [3.05, 3.63) is 35.2 Å². The average molecular weight is 302 g/mol. The molecule has 1 heterocycles. The van der Waals surface area contributed by atoms with Crippen molar-refractivity contribution in [3.8, 4) is 11.4 Å². The van der Waals surface area contributed by atoms with E-state index in [1.807, 2.05) is 25.1 Å². The van der Waals surface area contributed by atoms with E-state index in [2.05, 4.69) is 17.1 Å². The minimum atomic E-state index is -0.596. The second kappa shape index (κ2) is 6.37. The van der Waals surface area contributed by atoms with Crippen LogP contribution in [-0.4, -0.2) is 10.1 Å². The predicted octanol–water partition coefficient (Wildman–Crippen LogP) is 3.79. The van der Waals surface area contributed by atoms with Gasteiger partial charge in [0.1, 0.15) is 0 Å². The summed E-state index contributed by atoms with van der Waals surface area (Å²) in [7, 11) is 0. The van der Waals surface area contributed by atoms with Crippen LogP contribution in [0.3, 0.4) is 0 Å². The number of nitrogens with two attached hydrogens (primary N) is 1. The molecule has 0 radical (unpaired) electrons. The number of benzene rings is 1. The van der Waals surface area contributed by atoms with Gasteiger partial charge in [0.15, 0.2) is 0 Å². The molecule has 4 nitrogen and oxygen atoms in total. The van der Waals surface area contributed by atoms with Gasteiger partial charge in [-0.15, -0.1) is 12.4 Å². The number of rotatable bonds is 4. The maximum atomic E-state index is 6.15. The summed E-state index contributed by atoms with van der Waals surface area (Å²) in [5, 5.41) is 4.54. The lowest BCUT2D eigenvalue weighted by Crippen LogP contribution is -2.33. The fourth-order valence-electron chi connectivity index (χ4n) is 1.83. The van der Waals surface area contributed by atoms with Crippen molar-refractivity contribution >= 4 is 24.0 Å². The molecular weight excluding hydrogens is 285 g/mol. The maximum absolute atomic E-state index is 6.15. The Morgan fingerprint density at radius 2 is 2.05 bits per heavy atom. The van der Waals surface area contributed by atoms with Crippen LogP contribution in [0.15, 0.2) is 28.8 Å². The highest BCUT2D eigenvalue weighted by Gasteiger charge is 2.27. The highest BCUT2D eigenvalue weighted by Crippen LogP contribution is 2.28. The monoisotopic (exact) mass is 301 g/mol. The summed E-state index contributed by atoms with van der Waals surface area (Å²) in [6.45, 7) is 3.96. The zero-order valence-electron chi connectivity index (χ0n) is 10.9. The van der Waals surface area contributed by atoms with Gasteiger partial charge in [-0.25, -0.2) is 0 Å². The number of nitrogens with zero attached hydrogens (tertiary/aromatic N) is 2. The van der Waals surface area contributed by atoms with Gasteiger partial charge in [-0.1, -0.05) is 42.2 Å². The van der Waals surface area contributed by atoms with Crippen molar-refractivity contribution in [1.82, 2.24) is 10.1 Å². The first-order valence-corrected chi connectivity index (χ1v) is 6.30. The van der Waals surface area contributed by atoms with Crippen molar-refractivity contribution < 1.29 is 4.52 Å². The normalized spacial score (nSPS) is 13.7. The zero-order valence-corrected chi connectivity index (χ0v) is 12.5. The molecule has 0 bridgehead atoms. The number of halogens is 2. The third-order valence-corrected chi connectivity index (χ3v) is 3.13. The van der Waals surface area contributed by atoms with Gasteiger partial charge in [0, 0.05) is 5.56 Å². The Labute approximate surface area is 123 Å². The van der Waals surface area contributed by atoms with E-state index < -0.39 is 5.54 Å². The molecule has 0 aliphatic heterocycles. The van der Waals surface area contributed by atoms with Crippen molar-refractivity contribution in [2.75, 3.05) is 0 Å². The first-order chi connectivity index (χ1) is 8.54. The lowest BCUT2D eigenvalue weighted by atomic mass is 9.98. The van der Waals surface area contributed by atoms with Gasteiger partial charge in [0.2, 0.25) is 11.7 Å². The van der Waals surface area contributed by atoms with Crippen LogP contribution in [-0.2, 0) is 5.54 Å². The van der Waals surface area contributed by atoms with E-state index in [1.165, 1.54) is 0 Å². The van der Waals surface area contributed by atoms with Gasteiger partial charge in [0.05, 0.1) is 10.6 Å². The summed E-state index contributed by atoms with van der Waals surface area (Å²) >= 11 is 6.09. The Kier molecular flexibility index (Phi) is 5.35. The van der Waals surface area contributed by atoms with Crippen molar-refractivity contribution in [2.45, 2.75) is 32.2 Å². The van der Waals surface area contributed by atoms with Crippen molar-refractivity contribution in [1.29, 1.82) is 0 Å². The van der Waals surface area contributed by atoms with Crippen LogP contribution >= 0.6 is 24.0 Å². The first-order valence-electron chi connectivity index (χ1n) is 5.92. The molecule has 2 N–H and O–H groups in total. The van der Waals surface area contributed by atoms with Gasteiger partial charge < -0.3 is 10.3 Å². The molecule has 0 fully saturated rings. The summed E-state index contributed by atoms with van der Waals surface area (Å²) < 4.78 is 5.25. The Morgan fingerprint density at radius 3 is 2.68 bits per heavy atom. The predicted molar refractivity (Wildman–Crippen MR) is 78.4 cm³/mol. The Balaban J connectivity index is 0.00000180. The van der Waals surface area contributed by atoms with Crippen LogP contribution in [0, 0.1) is 0 Å². The van der Waals surface area contributed by atoms with E-state index in [9.17, 15) is 0 Å². The standard InChI is InChI=1S/C13H16ClN3O.ClH/c1-3-8-13(2,15)12-16-11(17-18-12)9-6-4-5-7-10(9)14;/h4-7H,3,8,15H2,1-2H3;1H. The number of aromatic nitrogens is 2. The second-order valence-electron chi connectivity index (χ2n) is 4.57. The smallest absolute Gasteiger partial charge is 0.246 e. The molecule has 1 atom stereocenters. The average Bonchev–Trinajstić information content (AvgIpc) is 2.79. The van der Waals surface area contributed by atoms with Crippen LogP contribution in [0.4, 0.5) is 0 Å². The molecule has 104 valence electrons. The molecule has 2 rings (SSSR count). The van der Waals surface area contributed by atoms with Crippen LogP contribution in [0.5, 0.6) is 0 Å². The topological polar surface area (TPSA) is 64.9 Å². The van der Waals surface area contributed by atoms with E-state index in [-0.39, 0.29) is 12.4 Å². The number of hydrogen-bond acceptors (Lipinski definition) is 4. The first kappa shape index (κ1) is 16.0. The molecule has 1 aromatic heterocycles. The fourth-order valence-corrected chi connectivity index (χ4v) is 2.05. The van der Waals surface area contributed by atoms with E-state index in [4.69, 9.17) is 21.9 Å². The fraction of sp³-hybridized carbons (Fsp3) is 0.385. The van der Waals surface area contributed by atoms with Crippen molar-refractivity contribution in [2.24, 2.45) is 5.73 Å². The Hall–Kier alpha value is -1.10. The van der Waals surface area contributed by atoms with Gasteiger partial charge in [-0.05, 0) is 25.5 Å². The van der Waals surface area contributed by atoms with Crippen molar-refractivity contribution in [3.63, 3.8) is 0 Å². The molecule has 0 saturated carbocycles. The van der Waals surface area contributed by atoms with E-state index in [1.54, 1.807) is 6.07 Å². The third-order valence-electron chi connectivity index (χ3n) is 2.80. The maximum Gasteiger partial charge on any atom is 0.246 e. The lowest BCUT2D eigenvalue weighted by molar-refractivity contribution is 0.284. The molecule has 0 saturated heterocycles. The van der Waals surface area contributed by atoms with Crippen LogP contribution in [0.1, 0.15) is 32.6 Å². The lowest BCUT2D eigenvalue weighted by Gasteiger charge is -2.18. The summed E-state index contributed by atoms with van der Waals surface area (Å²) in [5.74, 6) is 0.919. The van der Waals surface area contributed by atoms with Crippen LogP contribution in [0.25, 0.3) is 11.4 Å². The largest absolute Gasteiger partial charge is 0.337 e. The zero-order chi connectivity index (χ0) is 13.2. The molecule has 1 unspecified atom stereocenters. The quantitative estimate of drug-likeness (QED) is 0.933. The van der Waals surface area contributed by atoms with Gasteiger partial charge in [-0.2, -0.15) is 4.98 Å². The van der Waals surface area contributed by atoms with E-state index >= 15 is 0 Å². The van der Waals surface area contributed by atoms with E-state index in [0.29, 0.717) is 16.7 Å². The van der Waals surface area contributed by atoms with Crippen LogP contribution < -0.4 is 5.73 Å². The summed E-state index contributed by atoms with van der Waals surface area (Å²) in [4.78, 5) is 4.34. The summed E-state index contributed by atoms with van der Waals surface area (Å²) in [6.07, 6.45) is 1.74. The third kappa shape index (κ3) is 3.47. The van der Waals surface area contributed by atoms with Crippen LogP contribution in [0.2, 0.25) is 5.02 Å². The summed E-state index contributed by atoms with van der Waals surface area (Å²) in [5.41, 5.74) is 6.30. The molecule has 0 amide bonds. The minimum Gasteiger partial charge on any atom is -0.337 e. The molecular formula is C13H17Cl2N3O. The highest BCUT2D eigenvalue weighted by molar-refractivity contribution is 6.33. The Bertz CT molecular complexity index is 540. The SMILES string of the molecule is CCCC(C)(N)c1nc(-c2ccccc2Cl)no1.Cl. The Morgan fingerprint density at radius 1 is 1.37 bits per heavy atom. The summed E-state index contributed by atoms with van der Waals surface area (Å²) in [6, 6.07) is 7.38. The molecule has 0 aliphatic rings. The van der Waals surface area contributed by atoms with Gasteiger partial charge in [0.25, 0.3) is 0 Å². The molecule has 1 aromatic carbocycles. The minimum absolute atomic E-state index is 0.